The summed E-state index contributed by atoms with van der Waals surface area (Å²) < 4.78 is 4.78. The molecule has 2 aromatic carbocycles. The number of nitrogens with two attached hydrogens (primary N) is 1. The van der Waals surface area contributed by atoms with Gasteiger partial charge in [0, 0.05) is 6.92 Å². The predicted octanol–water partition coefficient (Wildman–Crippen LogP) is 4.94. The Morgan fingerprint density at radius 2 is 1.66 bits per heavy atom. The number of carbonyl (C=O) groups excluding carboxylic acids is 1. The van der Waals surface area contributed by atoms with E-state index in [0.29, 0.717) is 12.0 Å². The summed E-state index contributed by atoms with van der Waals surface area (Å²) in [6, 6.07) is 20.7. The molecule has 4 rings (SSSR count). The molecule has 0 saturated heterocycles. The molecular weight excluding hydrogens is 394 g/mol. The van der Waals surface area contributed by atoms with Gasteiger partial charge in [0.05, 0.1) is 6.54 Å². The lowest BCUT2D eigenvalue weighted by molar-refractivity contribution is -0.703. The van der Waals surface area contributed by atoms with Crippen molar-refractivity contribution in [2.75, 3.05) is 0 Å². The largest absolute Gasteiger partial charge is 0.369 e. The Bertz CT molecular complexity index is 1000. The first-order valence-corrected chi connectivity index (χ1v) is 11.9. The summed E-state index contributed by atoms with van der Waals surface area (Å²) in [6.45, 7) is 7.80. The molecule has 0 aliphatic heterocycles. The second-order valence-corrected chi connectivity index (χ2v) is 9.70. The van der Waals surface area contributed by atoms with Crippen molar-refractivity contribution >= 4 is 5.91 Å². The van der Waals surface area contributed by atoms with Crippen LogP contribution in [0.25, 0.3) is 0 Å². The SMILES string of the molecule is Cc1n([C@@H]2CC[C@H](C(C(N)=O)(c3ccccc3)c3ccccc3)C2)cc[n+]1CCC(C)C. The number of benzene rings is 2. The number of hydrogen-bond acceptors (Lipinski definition) is 1. The lowest BCUT2D eigenvalue weighted by Gasteiger charge is -2.37. The maximum absolute atomic E-state index is 13.3. The summed E-state index contributed by atoms with van der Waals surface area (Å²) in [5, 5.41) is 0. The molecule has 2 atom stereocenters. The second kappa shape index (κ2) is 9.32. The van der Waals surface area contributed by atoms with Gasteiger partial charge >= 0.3 is 0 Å². The first-order chi connectivity index (χ1) is 15.4. The zero-order chi connectivity index (χ0) is 22.7. The van der Waals surface area contributed by atoms with Gasteiger partial charge in [-0.25, -0.2) is 9.13 Å². The standard InChI is InChI=1S/C28H35N3O/c1-21(2)16-17-30-18-19-31(22(30)3)26-15-14-25(20-26)28(27(29)32,23-10-6-4-7-11-23)24-12-8-5-9-13-24/h4-13,18-19,21,25-26H,14-17,20H2,1-3H3,(H-,29,32)/p+1/t25-,26+/m0/s1. The summed E-state index contributed by atoms with van der Waals surface area (Å²) >= 11 is 0. The molecule has 4 nitrogen and oxygen atoms in total. The molecule has 1 aromatic heterocycles. The average Bonchev–Trinajstić information content (AvgIpc) is 3.41. The molecule has 1 aliphatic rings. The van der Waals surface area contributed by atoms with Gasteiger partial charge in [-0.2, -0.15) is 0 Å². The molecule has 2 N–H and O–H groups in total. The van der Waals surface area contributed by atoms with Crippen molar-refractivity contribution in [3.8, 4) is 0 Å². The second-order valence-electron chi connectivity index (χ2n) is 9.70. The van der Waals surface area contributed by atoms with Gasteiger partial charge in [0.2, 0.25) is 5.91 Å². The van der Waals surface area contributed by atoms with E-state index in [9.17, 15) is 4.79 Å². The van der Waals surface area contributed by atoms with Crippen LogP contribution in [-0.2, 0) is 16.8 Å². The van der Waals surface area contributed by atoms with Crippen LogP contribution in [0.4, 0.5) is 0 Å². The highest BCUT2D eigenvalue weighted by molar-refractivity contribution is 5.91. The third-order valence-corrected chi connectivity index (χ3v) is 7.40. The zero-order valence-electron chi connectivity index (χ0n) is 19.6. The number of rotatable bonds is 8. The van der Waals surface area contributed by atoms with E-state index < -0.39 is 5.41 Å². The Morgan fingerprint density at radius 3 is 2.19 bits per heavy atom. The van der Waals surface area contributed by atoms with E-state index in [0.717, 1.165) is 36.9 Å². The maximum Gasteiger partial charge on any atom is 0.253 e. The minimum Gasteiger partial charge on any atom is -0.369 e. The van der Waals surface area contributed by atoms with Crippen LogP contribution in [0.2, 0.25) is 0 Å². The maximum atomic E-state index is 13.3. The topological polar surface area (TPSA) is 51.9 Å². The number of amides is 1. The van der Waals surface area contributed by atoms with E-state index in [-0.39, 0.29) is 11.8 Å². The summed E-state index contributed by atoms with van der Waals surface area (Å²) in [5.41, 5.74) is 7.44. The Labute approximate surface area is 192 Å². The third-order valence-electron chi connectivity index (χ3n) is 7.40. The third kappa shape index (κ3) is 3.99. The summed E-state index contributed by atoms with van der Waals surface area (Å²) in [6.07, 6.45) is 8.57. The van der Waals surface area contributed by atoms with Gasteiger partial charge in [-0.05, 0) is 48.6 Å². The number of hydrogen-bond donors (Lipinski definition) is 1. The molecule has 1 heterocycles. The van der Waals surface area contributed by atoms with Gasteiger partial charge in [0.15, 0.2) is 0 Å². The van der Waals surface area contributed by atoms with Gasteiger partial charge in [-0.15, -0.1) is 0 Å². The van der Waals surface area contributed by atoms with Gasteiger partial charge < -0.3 is 5.73 Å². The van der Waals surface area contributed by atoms with Crippen LogP contribution >= 0.6 is 0 Å². The Morgan fingerprint density at radius 1 is 1.06 bits per heavy atom. The monoisotopic (exact) mass is 430 g/mol. The highest BCUT2D eigenvalue weighted by Gasteiger charge is 2.51. The van der Waals surface area contributed by atoms with Crippen LogP contribution in [0.1, 0.15) is 62.5 Å². The first-order valence-electron chi connectivity index (χ1n) is 11.9. The van der Waals surface area contributed by atoms with Crippen molar-refractivity contribution in [3.05, 3.63) is 90.0 Å². The zero-order valence-corrected chi connectivity index (χ0v) is 19.6. The predicted molar refractivity (Wildman–Crippen MR) is 128 cm³/mol. The first kappa shape index (κ1) is 22.3. The van der Waals surface area contributed by atoms with Crippen molar-refractivity contribution in [1.82, 2.24) is 4.57 Å². The smallest absolute Gasteiger partial charge is 0.253 e. The number of nitrogens with zero attached hydrogens (tertiary/aromatic N) is 2. The Hall–Kier alpha value is -2.88. The molecule has 0 bridgehead atoms. The highest BCUT2D eigenvalue weighted by atomic mass is 16.1. The molecule has 1 saturated carbocycles. The number of aryl methyl sites for hydroxylation is 1. The average molecular weight is 431 g/mol. The Balaban J connectivity index is 1.69. The summed E-state index contributed by atoms with van der Waals surface area (Å²) in [7, 11) is 0. The van der Waals surface area contributed by atoms with Crippen LogP contribution < -0.4 is 10.3 Å². The van der Waals surface area contributed by atoms with Crippen LogP contribution in [0, 0.1) is 18.8 Å². The van der Waals surface area contributed by atoms with E-state index in [2.05, 4.69) is 66.6 Å². The molecule has 0 radical (unpaired) electrons. The normalized spacial score (nSPS) is 18.9. The lowest BCUT2D eigenvalue weighted by Crippen LogP contribution is -2.47. The molecular formula is C28H36N3O+. The highest BCUT2D eigenvalue weighted by Crippen LogP contribution is 2.49. The summed E-state index contributed by atoms with van der Waals surface area (Å²) in [4.78, 5) is 13.3. The minimum atomic E-state index is -0.814. The van der Waals surface area contributed by atoms with Gasteiger partial charge in [-0.3, -0.25) is 4.79 Å². The van der Waals surface area contributed by atoms with Crippen molar-refractivity contribution in [1.29, 1.82) is 0 Å². The molecule has 0 spiro atoms. The van der Waals surface area contributed by atoms with E-state index in [1.54, 1.807) is 0 Å². The molecule has 1 amide bonds. The van der Waals surface area contributed by atoms with Gasteiger partial charge in [0.25, 0.3) is 5.82 Å². The fourth-order valence-electron chi connectivity index (χ4n) is 5.67. The summed E-state index contributed by atoms with van der Waals surface area (Å²) in [5.74, 6) is 1.88. The van der Waals surface area contributed by atoms with E-state index in [1.165, 1.54) is 12.2 Å². The van der Waals surface area contributed by atoms with Crippen LogP contribution in [-0.4, -0.2) is 10.5 Å². The van der Waals surface area contributed by atoms with E-state index in [1.807, 2.05) is 36.4 Å². The molecule has 1 fully saturated rings. The van der Waals surface area contributed by atoms with Crippen LogP contribution in [0.5, 0.6) is 0 Å². The fraction of sp³-hybridized carbons (Fsp3) is 0.429. The van der Waals surface area contributed by atoms with Gasteiger partial charge in [0.1, 0.15) is 23.9 Å². The molecule has 1 aliphatic carbocycles. The van der Waals surface area contributed by atoms with E-state index >= 15 is 0 Å². The Kier molecular flexibility index (Phi) is 6.50. The van der Waals surface area contributed by atoms with E-state index in [4.69, 9.17) is 5.73 Å². The lowest BCUT2D eigenvalue weighted by atomic mass is 9.64. The number of imidazole rings is 1. The van der Waals surface area contributed by atoms with Crippen LogP contribution in [0.15, 0.2) is 73.1 Å². The number of aromatic nitrogens is 2. The number of primary amides is 1. The number of carbonyl (C=O) groups is 1. The molecule has 0 unspecified atom stereocenters. The van der Waals surface area contributed by atoms with Crippen molar-refractivity contribution in [3.63, 3.8) is 0 Å². The van der Waals surface area contributed by atoms with Crippen LogP contribution in [0.3, 0.4) is 0 Å². The van der Waals surface area contributed by atoms with Gasteiger partial charge in [-0.1, -0.05) is 74.5 Å². The van der Waals surface area contributed by atoms with Crippen molar-refractivity contribution in [2.45, 2.75) is 64.5 Å². The van der Waals surface area contributed by atoms with Crippen molar-refractivity contribution < 1.29 is 9.36 Å². The molecule has 3 aromatic rings. The molecule has 4 heteroatoms. The molecule has 32 heavy (non-hydrogen) atoms. The van der Waals surface area contributed by atoms with Crippen molar-refractivity contribution in [2.24, 2.45) is 17.6 Å². The quantitative estimate of drug-likeness (QED) is 0.506. The minimum absolute atomic E-state index is 0.153. The fourth-order valence-corrected chi connectivity index (χ4v) is 5.67. The molecule has 168 valence electrons.